The van der Waals surface area contributed by atoms with Crippen LogP contribution in [0.25, 0.3) is 15.6 Å². The van der Waals surface area contributed by atoms with Crippen molar-refractivity contribution in [2.24, 2.45) is 4.99 Å². The van der Waals surface area contributed by atoms with Crippen LogP contribution in [0.4, 0.5) is 16.5 Å². The van der Waals surface area contributed by atoms with Crippen LogP contribution in [0, 0.1) is 0 Å². The second-order valence-corrected chi connectivity index (χ2v) is 10.6. The smallest absolute Gasteiger partial charge is 0.317 e. The van der Waals surface area contributed by atoms with Crippen molar-refractivity contribution in [3.8, 4) is 0 Å². The quantitative estimate of drug-likeness (QED) is 0.337. The number of amides is 1. The van der Waals surface area contributed by atoms with Gasteiger partial charge in [0, 0.05) is 49.9 Å². The summed E-state index contributed by atoms with van der Waals surface area (Å²) >= 11 is 3.12. The molecule has 0 bridgehead atoms. The van der Waals surface area contributed by atoms with Gasteiger partial charge < -0.3 is 14.5 Å². The standard InChI is InChI=1S/C25H30N6O2S2/c1-4-30(5-2)18-11-9-17(10-12-18)29(3)28-24-27-23-21(35-24)16-19(34-23)15-20-22(32)26-25(33-20)31-13-7-6-8-14-31/h9-12,15-16H,4-8,13-14H2,1-3H3,(H,27,28)/b20-15+. The van der Waals surface area contributed by atoms with Crippen molar-refractivity contribution in [2.75, 3.05) is 48.6 Å². The van der Waals surface area contributed by atoms with Crippen LogP contribution in [0.1, 0.15) is 38.0 Å². The number of aliphatic imine (C=N–C) groups is 1. The van der Waals surface area contributed by atoms with Gasteiger partial charge in [0.25, 0.3) is 0 Å². The van der Waals surface area contributed by atoms with Crippen LogP contribution in [0.15, 0.2) is 41.1 Å². The molecule has 2 aliphatic rings. The van der Waals surface area contributed by atoms with E-state index in [0.717, 1.165) is 64.2 Å². The Balaban J connectivity index is 1.23. The Kier molecular flexibility index (Phi) is 6.92. The summed E-state index contributed by atoms with van der Waals surface area (Å²) in [6, 6.07) is 11.0. The van der Waals surface area contributed by atoms with Gasteiger partial charge in [-0.15, -0.1) is 11.3 Å². The normalized spacial score (nSPS) is 17.1. The van der Waals surface area contributed by atoms with Crippen molar-refractivity contribution in [1.29, 1.82) is 0 Å². The average Bonchev–Trinajstić information content (AvgIpc) is 3.54. The van der Waals surface area contributed by atoms with Gasteiger partial charge in [-0.3, -0.25) is 15.2 Å². The molecule has 1 fully saturated rings. The molecule has 5 rings (SSSR count). The first-order valence-electron chi connectivity index (χ1n) is 12.1. The molecule has 1 amide bonds. The minimum Gasteiger partial charge on any atom is -0.420 e. The molecule has 0 spiro atoms. The molecule has 2 aliphatic heterocycles. The summed E-state index contributed by atoms with van der Waals surface area (Å²) in [4.78, 5) is 27.5. The van der Waals surface area contributed by atoms with Crippen molar-refractivity contribution in [3.05, 3.63) is 41.0 Å². The van der Waals surface area contributed by atoms with E-state index in [1.54, 1.807) is 17.4 Å². The summed E-state index contributed by atoms with van der Waals surface area (Å²) < 4.78 is 6.87. The second kappa shape index (κ2) is 10.2. The summed E-state index contributed by atoms with van der Waals surface area (Å²) in [5.74, 6) is -0.0306. The topological polar surface area (TPSA) is 73.3 Å². The summed E-state index contributed by atoms with van der Waals surface area (Å²) in [5.41, 5.74) is 5.65. The van der Waals surface area contributed by atoms with Crippen LogP contribution in [0.3, 0.4) is 0 Å². The van der Waals surface area contributed by atoms with Crippen molar-refractivity contribution >= 4 is 66.7 Å². The highest BCUT2D eigenvalue weighted by molar-refractivity contribution is 7.29. The monoisotopic (exact) mass is 510 g/mol. The van der Waals surface area contributed by atoms with Crippen LogP contribution >= 0.6 is 22.7 Å². The highest BCUT2D eigenvalue weighted by Crippen LogP contribution is 2.35. The lowest BCUT2D eigenvalue weighted by Gasteiger charge is -2.26. The summed E-state index contributed by atoms with van der Waals surface area (Å²) in [7, 11) is 1.99. The molecule has 0 unspecified atom stereocenters. The fourth-order valence-electron chi connectivity index (χ4n) is 4.30. The number of nitrogens with one attached hydrogen (secondary N) is 1. The van der Waals surface area contributed by atoms with Gasteiger partial charge in [0.15, 0.2) is 5.76 Å². The van der Waals surface area contributed by atoms with E-state index in [-0.39, 0.29) is 11.7 Å². The van der Waals surface area contributed by atoms with Crippen molar-refractivity contribution in [2.45, 2.75) is 33.1 Å². The number of likely N-dealkylation sites (tertiary alicyclic amines) is 1. The van der Waals surface area contributed by atoms with Gasteiger partial charge in [0.2, 0.25) is 5.13 Å². The first kappa shape index (κ1) is 23.6. The molecule has 4 heterocycles. The molecule has 184 valence electrons. The van der Waals surface area contributed by atoms with Crippen LogP contribution in [0.5, 0.6) is 0 Å². The molecule has 0 saturated carbocycles. The summed E-state index contributed by atoms with van der Waals surface area (Å²) in [6.07, 6.45) is 5.21. The van der Waals surface area contributed by atoms with E-state index in [2.05, 4.69) is 58.3 Å². The van der Waals surface area contributed by atoms with Crippen LogP contribution < -0.4 is 15.3 Å². The third-order valence-electron chi connectivity index (χ3n) is 6.25. The molecule has 1 saturated heterocycles. The summed E-state index contributed by atoms with van der Waals surface area (Å²) in [6.45, 7) is 8.10. The van der Waals surface area contributed by atoms with E-state index >= 15 is 0 Å². The maximum atomic E-state index is 12.4. The molecule has 3 aromatic rings. The number of hydrogen-bond donors (Lipinski definition) is 1. The fraction of sp³-hybridized carbons (Fsp3) is 0.400. The van der Waals surface area contributed by atoms with Crippen LogP contribution in [-0.2, 0) is 9.53 Å². The maximum absolute atomic E-state index is 12.4. The van der Waals surface area contributed by atoms with Gasteiger partial charge in [-0.1, -0.05) is 11.3 Å². The Morgan fingerprint density at radius 1 is 1.09 bits per heavy atom. The predicted molar refractivity (Wildman–Crippen MR) is 146 cm³/mol. The van der Waals surface area contributed by atoms with Gasteiger partial charge in [-0.25, -0.2) is 4.98 Å². The van der Waals surface area contributed by atoms with Gasteiger partial charge in [0.05, 0.1) is 10.4 Å². The number of thiazole rings is 1. The highest BCUT2D eigenvalue weighted by Gasteiger charge is 2.28. The van der Waals surface area contributed by atoms with E-state index in [4.69, 9.17) is 9.72 Å². The predicted octanol–water partition coefficient (Wildman–Crippen LogP) is 5.41. The molecule has 2 aromatic heterocycles. The number of thiophene rings is 1. The fourth-order valence-corrected chi connectivity index (χ4v) is 6.39. The number of piperidine rings is 1. The Hall–Kier alpha value is -3.11. The lowest BCUT2D eigenvalue weighted by atomic mass is 10.1. The zero-order valence-corrected chi connectivity index (χ0v) is 21.9. The number of benzene rings is 1. The third kappa shape index (κ3) is 5.13. The van der Waals surface area contributed by atoms with Gasteiger partial charge >= 0.3 is 11.9 Å². The van der Waals surface area contributed by atoms with E-state index in [9.17, 15) is 4.79 Å². The number of anilines is 3. The number of ether oxygens (including phenoxy) is 1. The largest absolute Gasteiger partial charge is 0.420 e. The van der Waals surface area contributed by atoms with E-state index in [1.165, 1.54) is 23.4 Å². The van der Waals surface area contributed by atoms with Crippen LogP contribution in [0.2, 0.25) is 0 Å². The first-order chi connectivity index (χ1) is 17.0. The molecule has 0 radical (unpaired) electrons. The lowest BCUT2D eigenvalue weighted by molar-refractivity contribution is -0.115. The minimum absolute atomic E-state index is 0.283. The molecule has 0 aliphatic carbocycles. The molecule has 8 nitrogen and oxygen atoms in total. The zero-order valence-electron chi connectivity index (χ0n) is 20.3. The van der Waals surface area contributed by atoms with Gasteiger partial charge in [-0.05, 0) is 63.4 Å². The molecule has 10 heteroatoms. The molecule has 1 aromatic carbocycles. The third-order valence-corrected chi connectivity index (χ3v) is 8.26. The number of carbonyl (C=O) groups is 1. The van der Waals surface area contributed by atoms with Gasteiger partial charge in [-0.2, -0.15) is 4.99 Å². The molecule has 35 heavy (non-hydrogen) atoms. The molecule has 1 N–H and O–H groups in total. The lowest BCUT2D eigenvalue weighted by Crippen LogP contribution is -2.35. The van der Waals surface area contributed by atoms with Crippen LogP contribution in [-0.4, -0.2) is 55.0 Å². The zero-order chi connectivity index (χ0) is 24.4. The average molecular weight is 511 g/mol. The summed E-state index contributed by atoms with van der Waals surface area (Å²) in [5, 5.41) is 2.80. The second-order valence-electron chi connectivity index (χ2n) is 8.55. The van der Waals surface area contributed by atoms with E-state index in [1.807, 2.05) is 18.1 Å². The van der Waals surface area contributed by atoms with E-state index in [0.29, 0.717) is 6.02 Å². The maximum Gasteiger partial charge on any atom is 0.317 e. The van der Waals surface area contributed by atoms with Crippen molar-refractivity contribution in [3.63, 3.8) is 0 Å². The highest BCUT2D eigenvalue weighted by atomic mass is 32.1. The first-order valence-corrected chi connectivity index (χ1v) is 13.7. The Bertz CT molecular complexity index is 1220. The number of hydrazine groups is 1. The number of amidine groups is 1. The molecular weight excluding hydrogens is 480 g/mol. The molecular formula is C25H30N6O2S2. The Labute approximate surface area is 213 Å². The number of rotatable bonds is 7. The Morgan fingerprint density at radius 3 is 2.49 bits per heavy atom. The molecule has 0 atom stereocenters. The number of fused-ring (bicyclic) bond motifs is 1. The van der Waals surface area contributed by atoms with Crippen molar-refractivity contribution in [1.82, 2.24) is 9.88 Å². The van der Waals surface area contributed by atoms with Gasteiger partial charge in [0.1, 0.15) is 4.83 Å². The minimum atomic E-state index is -0.314. The Morgan fingerprint density at radius 2 is 1.80 bits per heavy atom. The number of aromatic nitrogens is 1. The number of nitrogens with zero attached hydrogens (tertiary/aromatic N) is 5. The number of hydrogen-bond acceptors (Lipinski definition) is 9. The number of carbonyl (C=O) groups excluding carboxylic acids is 1. The SMILES string of the molecule is CCN(CC)c1ccc(N(C)Nc2nc3sc(/C=C4/OC(N5CCCCC5)=NC4=O)cc3s2)cc1. The van der Waals surface area contributed by atoms with Crippen molar-refractivity contribution < 1.29 is 9.53 Å². The van der Waals surface area contributed by atoms with E-state index < -0.39 is 0 Å².